The Balaban J connectivity index is 1.66. The second-order valence-electron chi connectivity index (χ2n) is 4.39. The molecule has 0 radical (unpaired) electrons. The molecule has 0 saturated carbocycles. The third-order valence-electron chi connectivity index (χ3n) is 2.82. The van der Waals surface area contributed by atoms with Crippen LogP contribution in [0, 0.1) is 0 Å². The molecule has 0 aliphatic heterocycles. The van der Waals surface area contributed by atoms with E-state index >= 15 is 0 Å². The fraction of sp³-hybridized carbons (Fsp3) is 0.188. The summed E-state index contributed by atoms with van der Waals surface area (Å²) in [6.45, 7) is 0.659. The van der Waals surface area contributed by atoms with Gasteiger partial charge < -0.3 is 5.32 Å². The molecule has 21 heavy (non-hydrogen) atoms. The van der Waals surface area contributed by atoms with Crippen molar-refractivity contribution >= 4 is 34.1 Å². The Morgan fingerprint density at radius 1 is 1.19 bits per heavy atom. The molecular weight excluding hydrogens is 300 g/mol. The lowest BCUT2D eigenvalue weighted by Crippen LogP contribution is -2.18. The van der Waals surface area contributed by atoms with E-state index in [2.05, 4.69) is 10.3 Å². The Morgan fingerprint density at radius 2 is 2.00 bits per heavy atom. The highest BCUT2D eigenvalue weighted by Gasteiger charge is 2.06. The summed E-state index contributed by atoms with van der Waals surface area (Å²) < 4.78 is 0.708. The summed E-state index contributed by atoms with van der Waals surface area (Å²) in [6.07, 6.45) is 4.04. The van der Waals surface area contributed by atoms with E-state index in [4.69, 9.17) is 12.2 Å². The van der Waals surface area contributed by atoms with Gasteiger partial charge in [-0.25, -0.2) is 0 Å². The number of carbonyl (C=O) groups is 1. The van der Waals surface area contributed by atoms with Crippen molar-refractivity contribution in [3.63, 3.8) is 0 Å². The van der Waals surface area contributed by atoms with Gasteiger partial charge in [-0.1, -0.05) is 60.4 Å². The molecule has 0 bridgehead atoms. The number of thioether (sulfide) groups is 1. The number of nitrogens with zero attached hydrogens (tertiary/aromatic N) is 1. The Morgan fingerprint density at radius 3 is 2.71 bits per heavy atom. The van der Waals surface area contributed by atoms with E-state index in [0.29, 0.717) is 23.0 Å². The van der Waals surface area contributed by atoms with Crippen molar-refractivity contribution in [1.82, 2.24) is 10.3 Å². The molecule has 2 aromatic rings. The minimum atomic E-state index is 0.151. The number of hydrogen-bond donors (Lipinski definition) is 1. The van der Waals surface area contributed by atoms with E-state index in [1.807, 2.05) is 42.5 Å². The van der Waals surface area contributed by atoms with E-state index in [0.717, 1.165) is 11.1 Å². The van der Waals surface area contributed by atoms with Crippen molar-refractivity contribution in [1.29, 1.82) is 0 Å². The fourth-order valence-corrected chi connectivity index (χ4v) is 2.70. The van der Waals surface area contributed by atoms with Gasteiger partial charge in [0.2, 0.25) is 0 Å². The molecule has 5 heteroatoms. The van der Waals surface area contributed by atoms with Gasteiger partial charge in [0.25, 0.3) is 0 Å². The van der Waals surface area contributed by atoms with Crippen molar-refractivity contribution in [2.45, 2.75) is 13.0 Å². The van der Waals surface area contributed by atoms with Crippen LogP contribution in [-0.4, -0.2) is 20.8 Å². The summed E-state index contributed by atoms with van der Waals surface area (Å²) in [6, 6.07) is 13.2. The van der Waals surface area contributed by atoms with Gasteiger partial charge in [-0.15, -0.1) is 0 Å². The highest BCUT2D eigenvalue weighted by atomic mass is 32.2. The van der Waals surface area contributed by atoms with Crippen LogP contribution in [0.1, 0.15) is 22.3 Å². The minimum absolute atomic E-state index is 0.151. The smallest absolute Gasteiger partial charge is 0.163 e. The average Bonchev–Trinajstić information content (AvgIpc) is 2.54. The van der Waals surface area contributed by atoms with Gasteiger partial charge in [0.05, 0.1) is 0 Å². The van der Waals surface area contributed by atoms with Crippen LogP contribution >= 0.6 is 24.0 Å². The maximum atomic E-state index is 11.9. The standard InChI is InChI=1S/C16H16N2OS2/c19-15(14-6-2-1-3-7-14)8-10-21-16(20)18-12-13-5-4-9-17-11-13/h1-7,9,11H,8,10,12H2,(H,18,20). The maximum Gasteiger partial charge on any atom is 0.163 e. The minimum Gasteiger partial charge on any atom is -0.367 e. The van der Waals surface area contributed by atoms with Gasteiger partial charge in [-0.2, -0.15) is 0 Å². The molecule has 0 atom stereocenters. The van der Waals surface area contributed by atoms with Crippen molar-refractivity contribution in [2.75, 3.05) is 5.75 Å². The summed E-state index contributed by atoms with van der Waals surface area (Å²) in [4.78, 5) is 16.0. The molecular formula is C16H16N2OS2. The molecule has 3 nitrogen and oxygen atoms in total. The Bertz CT molecular complexity index is 588. The number of thiocarbonyl (C=S) groups is 1. The summed E-state index contributed by atoms with van der Waals surface area (Å²) >= 11 is 6.74. The summed E-state index contributed by atoms with van der Waals surface area (Å²) in [5.74, 6) is 0.838. The number of aromatic nitrogens is 1. The molecule has 0 fully saturated rings. The lowest BCUT2D eigenvalue weighted by atomic mass is 10.1. The lowest BCUT2D eigenvalue weighted by Gasteiger charge is -2.07. The normalized spacial score (nSPS) is 10.1. The van der Waals surface area contributed by atoms with Gasteiger partial charge >= 0.3 is 0 Å². The fourth-order valence-electron chi connectivity index (χ4n) is 1.73. The maximum absolute atomic E-state index is 11.9. The highest BCUT2D eigenvalue weighted by Crippen LogP contribution is 2.09. The van der Waals surface area contributed by atoms with Crippen molar-refractivity contribution < 1.29 is 4.79 Å². The topological polar surface area (TPSA) is 42.0 Å². The molecule has 2 rings (SSSR count). The van der Waals surface area contributed by atoms with Crippen molar-refractivity contribution in [3.05, 3.63) is 66.0 Å². The van der Waals surface area contributed by atoms with Gasteiger partial charge in [0.15, 0.2) is 5.78 Å². The molecule has 0 saturated heterocycles. The Hall–Kier alpha value is -1.72. The zero-order valence-electron chi connectivity index (χ0n) is 11.5. The van der Waals surface area contributed by atoms with Crippen LogP contribution in [-0.2, 0) is 6.54 Å². The van der Waals surface area contributed by atoms with E-state index in [1.54, 1.807) is 12.4 Å². The third-order valence-corrected chi connectivity index (χ3v) is 4.13. The van der Waals surface area contributed by atoms with Gasteiger partial charge in [0, 0.05) is 36.7 Å². The number of pyridine rings is 1. The molecule has 1 aromatic carbocycles. The van der Waals surface area contributed by atoms with E-state index in [9.17, 15) is 4.79 Å². The largest absolute Gasteiger partial charge is 0.367 e. The van der Waals surface area contributed by atoms with Crippen LogP contribution in [0.4, 0.5) is 0 Å². The van der Waals surface area contributed by atoms with Crippen LogP contribution < -0.4 is 5.32 Å². The van der Waals surface area contributed by atoms with Crippen LogP contribution in [0.5, 0.6) is 0 Å². The molecule has 0 unspecified atom stereocenters. The zero-order valence-corrected chi connectivity index (χ0v) is 13.1. The zero-order chi connectivity index (χ0) is 14.9. The first-order valence-electron chi connectivity index (χ1n) is 6.63. The molecule has 1 aromatic heterocycles. The molecule has 108 valence electrons. The SMILES string of the molecule is O=C(CCSC(=S)NCc1cccnc1)c1ccccc1. The molecule has 1 heterocycles. The van der Waals surface area contributed by atoms with Crippen molar-refractivity contribution in [3.8, 4) is 0 Å². The number of hydrogen-bond acceptors (Lipinski definition) is 4. The Kier molecular flexibility index (Phi) is 6.37. The van der Waals surface area contributed by atoms with Gasteiger partial charge in [-0.05, 0) is 11.6 Å². The predicted octanol–water partition coefficient (Wildman–Crippen LogP) is 3.46. The monoisotopic (exact) mass is 316 g/mol. The molecule has 0 amide bonds. The first-order valence-corrected chi connectivity index (χ1v) is 8.03. The summed E-state index contributed by atoms with van der Waals surface area (Å²) in [5, 5.41) is 3.16. The number of ketones is 1. The van der Waals surface area contributed by atoms with Crippen LogP contribution in [0.15, 0.2) is 54.9 Å². The lowest BCUT2D eigenvalue weighted by molar-refractivity contribution is 0.0989. The first-order chi connectivity index (χ1) is 10.3. The number of benzene rings is 1. The van der Waals surface area contributed by atoms with Crippen LogP contribution in [0.2, 0.25) is 0 Å². The van der Waals surface area contributed by atoms with Crippen LogP contribution in [0.25, 0.3) is 0 Å². The number of rotatable bonds is 6. The second-order valence-corrected chi connectivity index (χ2v) is 6.16. The number of carbonyl (C=O) groups excluding carboxylic acids is 1. The summed E-state index contributed by atoms with van der Waals surface area (Å²) in [7, 11) is 0. The molecule has 0 spiro atoms. The quantitative estimate of drug-likeness (QED) is 0.653. The van der Waals surface area contributed by atoms with Crippen LogP contribution in [0.3, 0.4) is 0 Å². The van der Waals surface area contributed by atoms with Crippen molar-refractivity contribution in [2.24, 2.45) is 0 Å². The molecule has 0 aliphatic carbocycles. The predicted molar refractivity (Wildman–Crippen MR) is 91.5 cm³/mol. The second kappa shape index (κ2) is 8.54. The van der Waals surface area contributed by atoms with Gasteiger partial charge in [0.1, 0.15) is 4.32 Å². The molecule has 1 N–H and O–H groups in total. The number of Topliss-reactive ketones (excluding diaryl/α,β-unsaturated/α-hetero) is 1. The Labute approximate surface area is 134 Å². The highest BCUT2D eigenvalue weighted by molar-refractivity contribution is 8.22. The first kappa shape index (κ1) is 15.7. The van der Waals surface area contributed by atoms with Gasteiger partial charge in [-0.3, -0.25) is 9.78 Å². The summed E-state index contributed by atoms with van der Waals surface area (Å²) in [5.41, 5.74) is 1.84. The molecule has 0 aliphatic rings. The van der Waals surface area contributed by atoms with E-state index in [1.165, 1.54) is 11.8 Å². The number of nitrogens with one attached hydrogen (secondary N) is 1. The average molecular weight is 316 g/mol. The van der Waals surface area contributed by atoms with E-state index in [-0.39, 0.29) is 5.78 Å². The van der Waals surface area contributed by atoms with E-state index < -0.39 is 0 Å². The third kappa shape index (κ3) is 5.65.